The summed E-state index contributed by atoms with van der Waals surface area (Å²) in [6.07, 6.45) is 5.01. The van der Waals surface area contributed by atoms with Crippen LogP contribution in [0.15, 0.2) is 35.9 Å². The second-order valence-electron chi connectivity index (χ2n) is 4.66. The first kappa shape index (κ1) is 11.4. The number of hydrogen-bond donors (Lipinski definition) is 1. The Balaban J connectivity index is 2.26. The molecular weight excluding hydrogens is 196 g/mol. The molecule has 1 saturated carbocycles. The van der Waals surface area contributed by atoms with Gasteiger partial charge in [0, 0.05) is 5.41 Å². The Morgan fingerprint density at radius 2 is 1.88 bits per heavy atom. The zero-order valence-corrected chi connectivity index (χ0v) is 10.1. The average Bonchev–Trinajstić information content (AvgIpc) is 2.32. The van der Waals surface area contributed by atoms with E-state index in [1.165, 1.54) is 11.1 Å². The third kappa shape index (κ3) is 1.69. The van der Waals surface area contributed by atoms with E-state index in [1.807, 2.05) is 6.07 Å². The van der Waals surface area contributed by atoms with Gasteiger partial charge < -0.3 is 5.11 Å². The van der Waals surface area contributed by atoms with E-state index in [2.05, 4.69) is 44.2 Å². The molecule has 1 aromatic carbocycles. The number of hydrogen-bond acceptors (Lipinski definition) is 1. The molecule has 16 heavy (non-hydrogen) atoms. The molecule has 86 valence electrons. The summed E-state index contributed by atoms with van der Waals surface area (Å²) < 4.78 is 0. The highest BCUT2D eigenvalue weighted by molar-refractivity contribution is 5.57. The highest BCUT2D eigenvalue weighted by atomic mass is 16.3. The Hall–Kier alpha value is -1.08. The molecule has 2 rings (SSSR count). The molecule has 0 saturated heterocycles. The molecule has 1 unspecified atom stereocenters. The van der Waals surface area contributed by atoms with Crippen molar-refractivity contribution < 1.29 is 5.11 Å². The summed E-state index contributed by atoms with van der Waals surface area (Å²) in [6, 6.07) is 10.4. The quantitative estimate of drug-likeness (QED) is 0.817. The van der Waals surface area contributed by atoms with Crippen molar-refractivity contribution in [1.29, 1.82) is 0 Å². The van der Waals surface area contributed by atoms with Gasteiger partial charge >= 0.3 is 0 Å². The number of benzene rings is 1. The summed E-state index contributed by atoms with van der Waals surface area (Å²) in [5, 5.41) is 9.97. The van der Waals surface area contributed by atoms with Crippen LogP contribution < -0.4 is 0 Å². The van der Waals surface area contributed by atoms with Gasteiger partial charge in [0.1, 0.15) is 0 Å². The van der Waals surface area contributed by atoms with Crippen LogP contribution in [-0.2, 0) is 0 Å². The van der Waals surface area contributed by atoms with Gasteiger partial charge in [-0.3, -0.25) is 0 Å². The molecule has 0 bridgehead atoms. The largest absolute Gasteiger partial charge is 0.392 e. The molecule has 1 fully saturated rings. The maximum atomic E-state index is 9.97. The molecule has 0 spiro atoms. The maximum absolute atomic E-state index is 9.97. The van der Waals surface area contributed by atoms with Crippen molar-refractivity contribution >= 4 is 6.08 Å². The van der Waals surface area contributed by atoms with E-state index in [-0.39, 0.29) is 11.5 Å². The fraction of sp³-hybridized carbons (Fsp3) is 0.467. The molecule has 1 N–H and O–H groups in total. The van der Waals surface area contributed by atoms with E-state index >= 15 is 0 Å². The third-order valence-corrected chi connectivity index (χ3v) is 4.09. The first-order valence-electron chi connectivity index (χ1n) is 6.17. The highest BCUT2D eigenvalue weighted by Crippen LogP contribution is 2.52. The minimum Gasteiger partial charge on any atom is -0.392 e. The van der Waals surface area contributed by atoms with Crippen molar-refractivity contribution in [2.45, 2.75) is 39.2 Å². The van der Waals surface area contributed by atoms with Gasteiger partial charge in [-0.05, 0) is 24.8 Å². The van der Waals surface area contributed by atoms with Crippen LogP contribution in [0.3, 0.4) is 0 Å². The van der Waals surface area contributed by atoms with Gasteiger partial charge in [-0.25, -0.2) is 0 Å². The summed E-state index contributed by atoms with van der Waals surface area (Å²) in [4.78, 5) is 0. The second-order valence-corrected chi connectivity index (χ2v) is 4.66. The molecule has 1 aromatic rings. The van der Waals surface area contributed by atoms with E-state index in [1.54, 1.807) is 0 Å². The first-order valence-corrected chi connectivity index (χ1v) is 6.17. The van der Waals surface area contributed by atoms with Gasteiger partial charge in [0.05, 0.1) is 6.10 Å². The molecule has 0 amide bonds. The predicted molar refractivity (Wildman–Crippen MR) is 68.1 cm³/mol. The monoisotopic (exact) mass is 216 g/mol. The maximum Gasteiger partial charge on any atom is 0.0670 e. The lowest BCUT2D eigenvalue weighted by atomic mass is 9.58. The van der Waals surface area contributed by atoms with Crippen molar-refractivity contribution in [1.82, 2.24) is 0 Å². The molecule has 0 heterocycles. The molecule has 0 aromatic heterocycles. The van der Waals surface area contributed by atoms with Crippen molar-refractivity contribution in [3.05, 3.63) is 41.5 Å². The van der Waals surface area contributed by atoms with E-state index in [0.717, 1.165) is 19.3 Å². The smallest absolute Gasteiger partial charge is 0.0670 e. The van der Waals surface area contributed by atoms with Crippen molar-refractivity contribution in [3.8, 4) is 0 Å². The van der Waals surface area contributed by atoms with Crippen LogP contribution in [-0.4, -0.2) is 11.2 Å². The van der Waals surface area contributed by atoms with Crippen LogP contribution in [0.25, 0.3) is 6.08 Å². The van der Waals surface area contributed by atoms with Crippen LogP contribution in [0, 0.1) is 5.41 Å². The SMILES string of the molecule is CCC1(CC)/C(=C/c2ccccc2)CC1O. The molecule has 1 nitrogen and oxygen atoms in total. The Bertz CT molecular complexity index is 374. The Morgan fingerprint density at radius 3 is 2.38 bits per heavy atom. The van der Waals surface area contributed by atoms with Gasteiger partial charge in [-0.15, -0.1) is 0 Å². The summed E-state index contributed by atoms with van der Waals surface area (Å²) >= 11 is 0. The van der Waals surface area contributed by atoms with Gasteiger partial charge in [0.25, 0.3) is 0 Å². The highest BCUT2D eigenvalue weighted by Gasteiger charge is 2.47. The van der Waals surface area contributed by atoms with E-state index in [9.17, 15) is 5.11 Å². The Labute approximate surface area is 97.8 Å². The van der Waals surface area contributed by atoms with Gasteiger partial charge in [-0.1, -0.05) is 55.8 Å². The zero-order valence-electron chi connectivity index (χ0n) is 10.1. The predicted octanol–water partition coefficient (Wildman–Crippen LogP) is 3.64. The first-order chi connectivity index (χ1) is 7.73. The van der Waals surface area contributed by atoms with E-state index in [4.69, 9.17) is 0 Å². The topological polar surface area (TPSA) is 20.2 Å². The molecule has 0 radical (unpaired) electrons. The molecule has 1 atom stereocenters. The summed E-state index contributed by atoms with van der Waals surface area (Å²) in [6.45, 7) is 4.34. The van der Waals surface area contributed by atoms with Gasteiger partial charge in [0.2, 0.25) is 0 Å². The lowest BCUT2D eigenvalue weighted by Gasteiger charge is -2.49. The van der Waals surface area contributed by atoms with Crippen molar-refractivity contribution in [3.63, 3.8) is 0 Å². The van der Waals surface area contributed by atoms with Crippen LogP contribution in [0.1, 0.15) is 38.7 Å². The van der Waals surface area contributed by atoms with Crippen molar-refractivity contribution in [2.75, 3.05) is 0 Å². The average molecular weight is 216 g/mol. The third-order valence-electron chi connectivity index (χ3n) is 4.09. The van der Waals surface area contributed by atoms with Gasteiger partial charge in [0.15, 0.2) is 0 Å². The Morgan fingerprint density at radius 1 is 1.25 bits per heavy atom. The molecular formula is C15H20O. The summed E-state index contributed by atoms with van der Waals surface area (Å²) in [5.41, 5.74) is 2.71. The minimum absolute atomic E-state index is 0.0514. The van der Waals surface area contributed by atoms with Crippen LogP contribution >= 0.6 is 0 Å². The zero-order chi connectivity index (χ0) is 11.6. The van der Waals surface area contributed by atoms with Crippen molar-refractivity contribution in [2.24, 2.45) is 5.41 Å². The molecule has 1 aliphatic carbocycles. The lowest BCUT2D eigenvalue weighted by Crippen LogP contribution is -2.46. The van der Waals surface area contributed by atoms with Crippen LogP contribution in [0.2, 0.25) is 0 Å². The number of aliphatic hydroxyl groups excluding tert-OH is 1. The molecule has 1 aliphatic rings. The fourth-order valence-electron chi connectivity index (χ4n) is 2.82. The standard InChI is InChI=1S/C15H20O/c1-3-15(4-2)13(11-14(15)16)10-12-8-6-5-7-9-12/h5-10,14,16H,3-4,11H2,1-2H3/b13-10+. The van der Waals surface area contributed by atoms with Crippen LogP contribution in [0.4, 0.5) is 0 Å². The number of aliphatic hydroxyl groups is 1. The second kappa shape index (κ2) is 4.42. The Kier molecular flexibility index (Phi) is 3.15. The minimum atomic E-state index is -0.141. The van der Waals surface area contributed by atoms with Crippen LogP contribution in [0.5, 0.6) is 0 Å². The van der Waals surface area contributed by atoms with E-state index < -0.39 is 0 Å². The summed E-state index contributed by atoms with van der Waals surface area (Å²) in [5.74, 6) is 0. The lowest BCUT2D eigenvalue weighted by molar-refractivity contribution is -0.0113. The number of rotatable bonds is 3. The fourth-order valence-corrected chi connectivity index (χ4v) is 2.82. The normalized spacial score (nSPS) is 25.4. The van der Waals surface area contributed by atoms with Gasteiger partial charge in [-0.2, -0.15) is 0 Å². The molecule has 1 heteroatoms. The van der Waals surface area contributed by atoms with E-state index in [0.29, 0.717) is 0 Å². The molecule has 0 aliphatic heterocycles. The summed E-state index contributed by atoms with van der Waals surface area (Å²) in [7, 11) is 0.